The van der Waals surface area contributed by atoms with Gasteiger partial charge >= 0.3 is 12.1 Å². The second kappa shape index (κ2) is 7.84. The first-order valence-corrected chi connectivity index (χ1v) is 7.70. The second-order valence-electron chi connectivity index (χ2n) is 5.34. The molecule has 1 aromatic heterocycles. The van der Waals surface area contributed by atoms with Gasteiger partial charge < -0.3 is 20.6 Å². The lowest BCUT2D eigenvalue weighted by Gasteiger charge is -2.32. The molecule has 2 aliphatic heterocycles. The number of carboxylic acid groups (broad SMARTS) is 1. The molecule has 0 amide bonds. The summed E-state index contributed by atoms with van der Waals surface area (Å²) in [6, 6.07) is 0.431. The van der Waals surface area contributed by atoms with Gasteiger partial charge in [0.2, 0.25) is 5.95 Å². The molecule has 0 spiro atoms. The van der Waals surface area contributed by atoms with E-state index in [1.165, 1.54) is 6.42 Å². The van der Waals surface area contributed by atoms with E-state index in [4.69, 9.17) is 21.5 Å². The van der Waals surface area contributed by atoms with Gasteiger partial charge in [0.15, 0.2) is 5.82 Å². The van der Waals surface area contributed by atoms with Gasteiger partial charge in [0, 0.05) is 25.7 Å². The van der Waals surface area contributed by atoms with E-state index < -0.39 is 12.1 Å². The molecule has 2 fully saturated rings. The third kappa shape index (κ3) is 5.10. The molecule has 2 aliphatic rings. The highest BCUT2D eigenvalue weighted by molar-refractivity contribution is 6.32. The molecule has 1 aromatic rings. The van der Waals surface area contributed by atoms with Gasteiger partial charge in [0.25, 0.3) is 0 Å². The number of hydrogen-bond donors (Lipinski definition) is 3. The summed E-state index contributed by atoms with van der Waals surface area (Å²) in [5.74, 6) is -1.21. The number of rotatable bonds is 3. The Morgan fingerprint density at radius 1 is 1.46 bits per heavy atom. The highest BCUT2D eigenvalue weighted by atomic mass is 35.5. The third-order valence-corrected chi connectivity index (χ3v) is 3.78. The van der Waals surface area contributed by atoms with Crippen molar-refractivity contribution < 1.29 is 23.1 Å². The first-order chi connectivity index (χ1) is 11.3. The summed E-state index contributed by atoms with van der Waals surface area (Å²) in [6.07, 6.45) is -1.06. The molecule has 24 heavy (non-hydrogen) atoms. The summed E-state index contributed by atoms with van der Waals surface area (Å²) in [6.45, 7) is 4.12. The molecule has 3 N–H and O–H groups in total. The van der Waals surface area contributed by atoms with Gasteiger partial charge in [-0.3, -0.25) is 0 Å². The van der Waals surface area contributed by atoms with Crippen LogP contribution < -0.4 is 15.5 Å². The smallest absolute Gasteiger partial charge is 0.475 e. The lowest BCUT2D eigenvalue weighted by atomic mass is 10.2. The predicted molar refractivity (Wildman–Crippen MR) is 82.5 cm³/mol. The number of nitrogens with one attached hydrogen (secondary N) is 2. The first-order valence-electron chi connectivity index (χ1n) is 7.32. The maximum atomic E-state index is 10.6. The van der Waals surface area contributed by atoms with Crippen LogP contribution in [-0.2, 0) is 4.79 Å². The molecular weight excluding hydrogens is 351 g/mol. The zero-order chi connectivity index (χ0) is 17.7. The van der Waals surface area contributed by atoms with Crippen molar-refractivity contribution in [2.75, 3.05) is 36.4 Å². The SMILES string of the molecule is Clc1cnc(NC2CCNC2)nc1N1CCC1.O=C(O)C(F)(F)F. The summed E-state index contributed by atoms with van der Waals surface area (Å²) in [4.78, 5) is 19.8. The average Bonchev–Trinajstić information content (AvgIpc) is 2.93. The first kappa shape index (κ1) is 18.5. The molecular formula is C13H17ClF3N5O2. The highest BCUT2D eigenvalue weighted by Gasteiger charge is 2.38. The van der Waals surface area contributed by atoms with Gasteiger partial charge in [0.1, 0.15) is 5.02 Å². The largest absolute Gasteiger partial charge is 0.490 e. The quantitative estimate of drug-likeness (QED) is 0.749. The van der Waals surface area contributed by atoms with Gasteiger partial charge in [-0.1, -0.05) is 11.6 Å². The number of anilines is 2. The Balaban J connectivity index is 0.000000256. The Labute approximate surface area is 141 Å². The van der Waals surface area contributed by atoms with E-state index in [0.29, 0.717) is 17.0 Å². The lowest BCUT2D eigenvalue weighted by Crippen LogP contribution is -2.38. The second-order valence-corrected chi connectivity index (χ2v) is 5.75. The van der Waals surface area contributed by atoms with Crippen LogP contribution in [0.2, 0.25) is 5.02 Å². The molecule has 0 aliphatic carbocycles. The lowest BCUT2D eigenvalue weighted by molar-refractivity contribution is -0.192. The van der Waals surface area contributed by atoms with E-state index in [-0.39, 0.29) is 0 Å². The Hall–Kier alpha value is -1.81. The molecule has 0 bridgehead atoms. The molecule has 1 atom stereocenters. The number of aromatic nitrogens is 2. The van der Waals surface area contributed by atoms with Crippen molar-refractivity contribution in [3.8, 4) is 0 Å². The third-order valence-electron chi connectivity index (χ3n) is 3.52. The maximum absolute atomic E-state index is 10.6. The number of carboxylic acids is 1. The standard InChI is InChI=1S/C11H16ClN5.C2HF3O2/c12-9-7-14-11(15-8-2-3-13-6-8)16-10(9)17-4-1-5-17;3-2(4,5)1(6)7/h7-8,13H,1-6H2,(H,14,15,16);(H,6,7). The van der Waals surface area contributed by atoms with E-state index in [2.05, 4.69) is 25.5 Å². The Morgan fingerprint density at radius 3 is 2.58 bits per heavy atom. The molecule has 0 radical (unpaired) electrons. The van der Waals surface area contributed by atoms with Gasteiger partial charge in [-0.15, -0.1) is 0 Å². The van der Waals surface area contributed by atoms with E-state index in [9.17, 15) is 13.2 Å². The van der Waals surface area contributed by atoms with Crippen LogP contribution in [0.15, 0.2) is 6.20 Å². The van der Waals surface area contributed by atoms with Gasteiger partial charge in [-0.05, 0) is 19.4 Å². The minimum Gasteiger partial charge on any atom is -0.475 e. The number of alkyl halides is 3. The molecule has 1 unspecified atom stereocenters. The summed E-state index contributed by atoms with van der Waals surface area (Å²) >= 11 is 6.11. The van der Waals surface area contributed by atoms with Crippen molar-refractivity contribution >= 4 is 29.3 Å². The predicted octanol–water partition coefficient (Wildman–Crippen LogP) is 1.75. The van der Waals surface area contributed by atoms with Crippen LogP contribution in [0.4, 0.5) is 24.9 Å². The number of carbonyl (C=O) groups is 1. The Kier molecular flexibility index (Phi) is 6.05. The van der Waals surface area contributed by atoms with Crippen LogP contribution in [0.5, 0.6) is 0 Å². The fourth-order valence-corrected chi connectivity index (χ4v) is 2.35. The van der Waals surface area contributed by atoms with E-state index in [0.717, 1.165) is 38.4 Å². The molecule has 3 rings (SSSR count). The van der Waals surface area contributed by atoms with Crippen molar-refractivity contribution in [3.05, 3.63) is 11.2 Å². The molecule has 0 aromatic carbocycles. The monoisotopic (exact) mass is 367 g/mol. The minimum absolute atomic E-state index is 0.431. The van der Waals surface area contributed by atoms with Crippen LogP contribution in [-0.4, -0.2) is 59.4 Å². The molecule has 3 heterocycles. The molecule has 7 nitrogen and oxygen atoms in total. The van der Waals surface area contributed by atoms with Crippen LogP contribution in [0, 0.1) is 0 Å². The molecule has 0 saturated carbocycles. The van der Waals surface area contributed by atoms with Gasteiger partial charge in [0.05, 0.1) is 6.20 Å². The maximum Gasteiger partial charge on any atom is 0.490 e. The number of halogens is 4. The minimum atomic E-state index is -5.08. The van der Waals surface area contributed by atoms with Crippen molar-refractivity contribution in [1.29, 1.82) is 0 Å². The summed E-state index contributed by atoms with van der Waals surface area (Å²) in [5.41, 5.74) is 0. The van der Waals surface area contributed by atoms with Gasteiger partial charge in [-0.2, -0.15) is 18.2 Å². The Bertz CT molecular complexity index is 577. The zero-order valence-corrected chi connectivity index (χ0v) is 13.4. The fourth-order valence-electron chi connectivity index (χ4n) is 2.14. The topological polar surface area (TPSA) is 90.4 Å². The highest BCUT2D eigenvalue weighted by Crippen LogP contribution is 2.27. The van der Waals surface area contributed by atoms with Gasteiger partial charge in [-0.25, -0.2) is 9.78 Å². The number of aliphatic carboxylic acids is 1. The zero-order valence-electron chi connectivity index (χ0n) is 12.6. The number of nitrogens with zero attached hydrogens (tertiary/aromatic N) is 3. The van der Waals surface area contributed by atoms with E-state index in [1.54, 1.807) is 6.20 Å². The Morgan fingerprint density at radius 2 is 2.12 bits per heavy atom. The number of hydrogen-bond acceptors (Lipinski definition) is 6. The van der Waals surface area contributed by atoms with Crippen molar-refractivity contribution in [2.45, 2.75) is 25.1 Å². The van der Waals surface area contributed by atoms with Crippen LogP contribution in [0.1, 0.15) is 12.8 Å². The van der Waals surface area contributed by atoms with Crippen LogP contribution >= 0.6 is 11.6 Å². The normalized spacial score (nSPS) is 20.0. The van der Waals surface area contributed by atoms with Crippen LogP contribution in [0.3, 0.4) is 0 Å². The van der Waals surface area contributed by atoms with E-state index >= 15 is 0 Å². The summed E-state index contributed by atoms with van der Waals surface area (Å²) in [5, 5.41) is 14.4. The van der Waals surface area contributed by atoms with Crippen molar-refractivity contribution in [1.82, 2.24) is 15.3 Å². The molecule has 11 heteroatoms. The molecule has 134 valence electrons. The summed E-state index contributed by atoms with van der Waals surface area (Å²) in [7, 11) is 0. The van der Waals surface area contributed by atoms with E-state index in [1.807, 2.05) is 0 Å². The van der Waals surface area contributed by atoms with Crippen molar-refractivity contribution in [3.63, 3.8) is 0 Å². The average molecular weight is 368 g/mol. The molecule has 2 saturated heterocycles. The van der Waals surface area contributed by atoms with Crippen LogP contribution in [0.25, 0.3) is 0 Å². The van der Waals surface area contributed by atoms with Crippen molar-refractivity contribution in [2.24, 2.45) is 0 Å². The summed E-state index contributed by atoms with van der Waals surface area (Å²) < 4.78 is 31.7. The fraction of sp³-hybridized carbons (Fsp3) is 0.615.